The first kappa shape index (κ1) is 13.4. The highest BCUT2D eigenvalue weighted by Crippen LogP contribution is 2.39. The number of ether oxygens (including phenoxy) is 1. The molecule has 1 unspecified atom stereocenters. The molecule has 0 spiro atoms. The Morgan fingerprint density at radius 2 is 2.10 bits per heavy atom. The molecule has 1 aliphatic rings. The van der Waals surface area contributed by atoms with E-state index < -0.39 is 5.97 Å². The first-order valence-corrected chi connectivity index (χ1v) is 6.83. The standard InChI is InChI=1S/C16H17N3O2/c1-10-9-11-5-3-4-6-14(11)19(10)15-12(17)7-8-13(18-15)16(20)21-2/h3-8,10H,9,17H2,1-2H3. The Hall–Kier alpha value is -2.56. The molecule has 1 aromatic heterocycles. The van der Waals surface area contributed by atoms with Gasteiger partial charge in [-0.3, -0.25) is 0 Å². The summed E-state index contributed by atoms with van der Waals surface area (Å²) in [6.07, 6.45) is 0.930. The van der Waals surface area contributed by atoms with Crippen molar-refractivity contribution in [3.8, 4) is 0 Å². The van der Waals surface area contributed by atoms with Gasteiger partial charge in [0, 0.05) is 11.7 Å². The van der Waals surface area contributed by atoms with Crippen LogP contribution < -0.4 is 10.6 Å². The van der Waals surface area contributed by atoms with Crippen molar-refractivity contribution < 1.29 is 9.53 Å². The van der Waals surface area contributed by atoms with Gasteiger partial charge in [0.2, 0.25) is 0 Å². The summed E-state index contributed by atoms with van der Waals surface area (Å²) in [7, 11) is 1.34. The highest BCUT2D eigenvalue weighted by atomic mass is 16.5. The van der Waals surface area contributed by atoms with Crippen LogP contribution in [0.25, 0.3) is 0 Å². The minimum Gasteiger partial charge on any atom is -0.464 e. The van der Waals surface area contributed by atoms with Crippen molar-refractivity contribution in [2.45, 2.75) is 19.4 Å². The number of pyridine rings is 1. The van der Waals surface area contributed by atoms with Gasteiger partial charge in [0.05, 0.1) is 12.8 Å². The van der Waals surface area contributed by atoms with E-state index in [9.17, 15) is 4.79 Å². The third kappa shape index (κ3) is 2.20. The van der Waals surface area contributed by atoms with Crippen LogP contribution >= 0.6 is 0 Å². The summed E-state index contributed by atoms with van der Waals surface area (Å²) < 4.78 is 4.73. The number of hydrogen-bond donors (Lipinski definition) is 1. The lowest BCUT2D eigenvalue weighted by atomic mass is 10.1. The van der Waals surface area contributed by atoms with Crippen molar-refractivity contribution in [2.75, 3.05) is 17.7 Å². The second-order valence-electron chi connectivity index (χ2n) is 5.15. The zero-order valence-electron chi connectivity index (χ0n) is 12.0. The van der Waals surface area contributed by atoms with Crippen molar-refractivity contribution in [1.29, 1.82) is 0 Å². The van der Waals surface area contributed by atoms with E-state index >= 15 is 0 Å². The molecule has 0 radical (unpaired) electrons. The van der Waals surface area contributed by atoms with Gasteiger partial charge in [-0.2, -0.15) is 0 Å². The number of methoxy groups -OCH3 is 1. The number of anilines is 3. The monoisotopic (exact) mass is 283 g/mol. The van der Waals surface area contributed by atoms with E-state index in [0.717, 1.165) is 12.1 Å². The van der Waals surface area contributed by atoms with Crippen LogP contribution in [-0.4, -0.2) is 24.1 Å². The molecule has 5 heteroatoms. The zero-order chi connectivity index (χ0) is 15.0. The number of carbonyl (C=O) groups excluding carboxylic acids is 1. The molecule has 0 fully saturated rings. The van der Waals surface area contributed by atoms with E-state index in [2.05, 4.69) is 22.9 Å². The number of para-hydroxylation sites is 1. The van der Waals surface area contributed by atoms with Gasteiger partial charge in [-0.15, -0.1) is 0 Å². The topological polar surface area (TPSA) is 68.5 Å². The van der Waals surface area contributed by atoms with Crippen LogP contribution in [0.1, 0.15) is 23.0 Å². The summed E-state index contributed by atoms with van der Waals surface area (Å²) in [5.41, 5.74) is 9.23. The quantitative estimate of drug-likeness (QED) is 0.858. The van der Waals surface area contributed by atoms with Crippen LogP contribution in [0.15, 0.2) is 36.4 Å². The lowest BCUT2D eigenvalue weighted by Crippen LogP contribution is -2.26. The molecule has 2 N–H and O–H groups in total. The van der Waals surface area contributed by atoms with Crippen molar-refractivity contribution in [3.05, 3.63) is 47.7 Å². The van der Waals surface area contributed by atoms with Crippen LogP contribution in [0, 0.1) is 0 Å². The fourth-order valence-electron chi connectivity index (χ4n) is 2.76. The van der Waals surface area contributed by atoms with Crippen molar-refractivity contribution in [3.63, 3.8) is 0 Å². The SMILES string of the molecule is COC(=O)c1ccc(N)c(N2c3ccccc3CC2C)n1. The van der Waals surface area contributed by atoms with Gasteiger partial charge in [0.1, 0.15) is 0 Å². The molecule has 0 bridgehead atoms. The van der Waals surface area contributed by atoms with Gasteiger partial charge < -0.3 is 15.4 Å². The number of hydrogen-bond acceptors (Lipinski definition) is 5. The normalized spacial score (nSPS) is 16.7. The van der Waals surface area contributed by atoms with E-state index in [1.807, 2.05) is 18.2 Å². The molecule has 0 saturated heterocycles. The highest BCUT2D eigenvalue weighted by Gasteiger charge is 2.29. The van der Waals surface area contributed by atoms with Gasteiger partial charge in [-0.1, -0.05) is 18.2 Å². The van der Waals surface area contributed by atoms with Crippen molar-refractivity contribution >= 4 is 23.2 Å². The first-order chi connectivity index (χ1) is 10.1. The number of nitrogen functional groups attached to an aromatic ring is 1. The number of nitrogens with two attached hydrogens (primary N) is 1. The number of rotatable bonds is 2. The molecule has 5 nitrogen and oxygen atoms in total. The Labute approximate surface area is 123 Å². The maximum Gasteiger partial charge on any atom is 0.356 e. The van der Waals surface area contributed by atoms with Gasteiger partial charge in [0.25, 0.3) is 0 Å². The van der Waals surface area contributed by atoms with Gasteiger partial charge in [0.15, 0.2) is 11.5 Å². The maximum absolute atomic E-state index is 11.7. The number of nitrogens with zero attached hydrogens (tertiary/aromatic N) is 2. The second-order valence-corrected chi connectivity index (χ2v) is 5.15. The predicted octanol–water partition coefficient (Wildman–Crippen LogP) is 2.53. The molecule has 3 rings (SSSR count). The molecule has 0 saturated carbocycles. The average molecular weight is 283 g/mol. The van der Waals surface area contributed by atoms with Crippen molar-refractivity contribution in [1.82, 2.24) is 4.98 Å². The smallest absolute Gasteiger partial charge is 0.356 e. The third-order valence-electron chi connectivity index (χ3n) is 3.74. The van der Waals surface area contributed by atoms with Gasteiger partial charge in [-0.25, -0.2) is 9.78 Å². The maximum atomic E-state index is 11.7. The van der Waals surface area contributed by atoms with Crippen LogP contribution in [0.4, 0.5) is 17.2 Å². The van der Waals surface area contributed by atoms with E-state index in [1.54, 1.807) is 12.1 Å². The number of carbonyl (C=O) groups is 1. The van der Waals surface area contributed by atoms with Crippen LogP contribution in [-0.2, 0) is 11.2 Å². The van der Waals surface area contributed by atoms with E-state index in [4.69, 9.17) is 10.5 Å². The summed E-state index contributed by atoms with van der Waals surface area (Å²) in [5.74, 6) is 0.145. The number of fused-ring (bicyclic) bond motifs is 1. The molecule has 2 aromatic rings. The highest BCUT2D eigenvalue weighted by molar-refractivity contribution is 5.89. The summed E-state index contributed by atoms with van der Waals surface area (Å²) in [6.45, 7) is 2.12. The molecule has 2 heterocycles. The van der Waals surface area contributed by atoms with Crippen LogP contribution in [0.3, 0.4) is 0 Å². The fraction of sp³-hybridized carbons (Fsp3) is 0.250. The molecule has 21 heavy (non-hydrogen) atoms. The van der Waals surface area contributed by atoms with E-state index in [1.165, 1.54) is 12.7 Å². The van der Waals surface area contributed by atoms with Gasteiger partial charge >= 0.3 is 5.97 Å². The lowest BCUT2D eigenvalue weighted by Gasteiger charge is -2.25. The Morgan fingerprint density at radius 3 is 2.86 bits per heavy atom. The first-order valence-electron chi connectivity index (χ1n) is 6.83. The average Bonchev–Trinajstić information content (AvgIpc) is 2.83. The largest absolute Gasteiger partial charge is 0.464 e. The Balaban J connectivity index is 2.10. The Bertz CT molecular complexity index is 700. The minimum atomic E-state index is -0.462. The number of aromatic nitrogens is 1. The zero-order valence-corrected chi connectivity index (χ0v) is 12.0. The van der Waals surface area contributed by atoms with E-state index in [-0.39, 0.29) is 11.7 Å². The predicted molar refractivity (Wildman–Crippen MR) is 81.7 cm³/mol. The molecule has 1 aliphatic heterocycles. The number of esters is 1. The molecule has 1 aromatic carbocycles. The van der Waals surface area contributed by atoms with Crippen LogP contribution in [0.2, 0.25) is 0 Å². The lowest BCUT2D eigenvalue weighted by molar-refractivity contribution is 0.0594. The number of benzene rings is 1. The molecule has 108 valence electrons. The summed E-state index contributed by atoms with van der Waals surface area (Å²) in [4.78, 5) is 18.2. The Kier molecular flexibility index (Phi) is 3.25. The molecular formula is C16H17N3O2. The van der Waals surface area contributed by atoms with E-state index in [0.29, 0.717) is 11.5 Å². The molecule has 1 atom stereocenters. The fourth-order valence-corrected chi connectivity index (χ4v) is 2.76. The summed E-state index contributed by atoms with van der Waals surface area (Å²) in [6, 6.07) is 11.7. The molecular weight excluding hydrogens is 266 g/mol. The van der Waals surface area contributed by atoms with Crippen molar-refractivity contribution in [2.24, 2.45) is 0 Å². The molecule has 0 amide bonds. The van der Waals surface area contributed by atoms with Gasteiger partial charge in [-0.05, 0) is 37.1 Å². The summed E-state index contributed by atoms with van der Waals surface area (Å²) >= 11 is 0. The minimum absolute atomic E-state index is 0.241. The summed E-state index contributed by atoms with van der Waals surface area (Å²) in [5, 5.41) is 0. The van der Waals surface area contributed by atoms with Crippen LogP contribution in [0.5, 0.6) is 0 Å². The third-order valence-corrected chi connectivity index (χ3v) is 3.74. The second kappa shape index (κ2) is 5.09. The Morgan fingerprint density at radius 1 is 1.33 bits per heavy atom. The molecule has 0 aliphatic carbocycles.